The van der Waals surface area contributed by atoms with Gasteiger partial charge in [0.2, 0.25) is 5.91 Å². The summed E-state index contributed by atoms with van der Waals surface area (Å²) in [7, 11) is 0. The number of carbonyl (C=O) groups is 2. The average molecular weight is 170 g/mol. The van der Waals surface area contributed by atoms with Gasteiger partial charge in [-0.3, -0.25) is 9.59 Å². The number of hydrogen-bond donors (Lipinski definition) is 1. The molecule has 0 bridgehead atoms. The Balaban J connectivity index is 3.75. The Labute approximate surface area is 72.0 Å². The van der Waals surface area contributed by atoms with Gasteiger partial charge in [-0.05, 0) is 13.8 Å². The van der Waals surface area contributed by atoms with Gasteiger partial charge in [-0.1, -0.05) is 6.92 Å². The van der Waals surface area contributed by atoms with Crippen LogP contribution in [0.25, 0.3) is 0 Å². The SMILES string of the molecule is CCC(=O)CC(=O)NN=C(C)C. The third-order valence-corrected chi connectivity index (χ3v) is 1.16. The first-order valence-electron chi connectivity index (χ1n) is 3.87. The van der Waals surface area contributed by atoms with Crippen LogP contribution in [0.2, 0.25) is 0 Å². The van der Waals surface area contributed by atoms with Gasteiger partial charge in [-0.25, -0.2) is 5.43 Å². The van der Waals surface area contributed by atoms with Crippen molar-refractivity contribution in [3.63, 3.8) is 0 Å². The molecular formula is C8H14N2O2. The third kappa shape index (κ3) is 5.58. The Kier molecular flexibility index (Phi) is 4.92. The second-order valence-electron chi connectivity index (χ2n) is 2.66. The first-order chi connectivity index (χ1) is 5.56. The number of hydrazone groups is 1. The molecular weight excluding hydrogens is 156 g/mol. The molecule has 0 aliphatic heterocycles. The van der Waals surface area contributed by atoms with E-state index in [1.54, 1.807) is 20.8 Å². The second kappa shape index (κ2) is 5.46. The summed E-state index contributed by atoms with van der Waals surface area (Å²) in [6, 6.07) is 0. The van der Waals surface area contributed by atoms with Gasteiger partial charge in [0.15, 0.2) is 0 Å². The Morgan fingerprint density at radius 2 is 1.92 bits per heavy atom. The number of amides is 1. The maximum atomic E-state index is 10.9. The van der Waals surface area contributed by atoms with Crippen molar-refractivity contribution >= 4 is 17.4 Å². The largest absolute Gasteiger partial charge is 0.299 e. The lowest BCUT2D eigenvalue weighted by Crippen LogP contribution is -2.21. The van der Waals surface area contributed by atoms with Gasteiger partial charge in [0, 0.05) is 12.1 Å². The highest BCUT2D eigenvalue weighted by Gasteiger charge is 2.05. The monoisotopic (exact) mass is 170 g/mol. The van der Waals surface area contributed by atoms with Crippen LogP contribution in [0.5, 0.6) is 0 Å². The van der Waals surface area contributed by atoms with Gasteiger partial charge in [0.1, 0.15) is 5.78 Å². The van der Waals surface area contributed by atoms with Gasteiger partial charge in [-0.2, -0.15) is 5.10 Å². The minimum absolute atomic E-state index is 0.0727. The van der Waals surface area contributed by atoms with Crippen molar-refractivity contribution in [2.24, 2.45) is 5.10 Å². The number of nitrogens with zero attached hydrogens (tertiary/aromatic N) is 1. The molecule has 4 heteroatoms. The van der Waals surface area contributed by atoms with Crippen molar-refractivity contribution in [2.45, 2.75) is 33.6 Å². The van der Waals surface area contributed by atoms with Gasteiger partial charge in [0.25, 0.3) is 0 Å². The van der Waals surface area contributed by atoms with E-state index in [2.05, 4.69) is 10.5 Å². The highest BCUT2D eigenvalue weighted by molar-refractivity contribution is 5.98. The molecule has 0 saturated carbocycles. The molecule has 0 saturated heterocycles. The predicted molar refractivity (Wildman–Crippen MR) is 46.8 cm³/mol. The zero-order chi connectivity index (χ0) is 9.56. The fraction of sp³-hybridized carbons (Fsp3) is 0.625. The van der Waals surface area contributed by atoms with Crippen LogP contribution in [-0.2, 0) is 9.59 Å². The fourth-order valence-corrected chi connectivity index (χ4v) is 0.518. The van der Waals surface area contributed by atoms with Crippen LogP contribution in [0.15, 0.2) is 5.10 Å². The summed E-state index contributed by atoms with van der Waals surface area (Å²) >= 11 is 0. The van der Waals surface area contributed by atoms with Crippen LogP contribution < -0.4 is 5.43 Å². The minimum Gasteiger partial charge on any atom is -0.299 e. The molecule has 4 nitrogen and oxygen atoms in total. The first-order valence-corrected chi connectivity index (χ1v) is 3.87. The third-order valence-electron chi connectivity index (χ3n) is 1.16. The van der Waals surface area contributed by atoms with E-state index in [1.165, 1.54) is 0 Å². The zero-order valence-corrected chi connectivity index (χ0v) is 7.68. The second-order valence-corrected chi connectivity index (χ2v) is 2.66. The van der Waals surface area contributed by atoms with E-state index in [9.17, 15) is 9.59 Å². The van der Waals surface area contributed by atoms with Crippen molar-refractivity contribution in [3.8, 4) is 0 Å². The normalized spacial score (nSPS) is 8.92. The van der Waals surface area contributed by atoms with Crippen LogP contribution >= 0.6 is 0 Å². The van der Waals surface area contributed by atoms with E-state index in [0.717, 1.165) is 5.71 Å². The van der Waals surface area contributed by atoms with Crippen molar-refractivity contribution in [3.05, 3.63) is 0 Å². The molecule has 0 heterocycles. The molecule has 0 aliphatic rings. The number of nitrogens with one attached hydrogen (secondary N) is 1. The van der Waals surface area contributed by atoms with Gasteiger partial charge >= 0.3 is 0 Å². The van der Waals surface area contributed by atoms with Crippen molar-refractivity contribution in [1.82, 2.24) is 5.43 Å². The first kappa shape index (κ1) is 10.8. The highest BCUT2D eigenvalue weighted by Crippen LogP contribution is 1.88. The van der Waals surface area contributed by atoms with E-state index in [4.69, 9.17) is 0 Å². The molecule has 0 atom stereocenters. The van der Waals surface area contributed by atoms with Crippen molar-refractivity contribution in [2.75, 3.05) is 0 Å². The number of carbonyl (C=O) groups excluding carboxylic acids is 2. The summed E-state index contributed by atoms with van der Waals surface area (Å²) in [5.41, 5.74) is 3.03. The molecule has 0 unspecified atom stereocenters. The van der Waals surface area contributed by atoms with E-state index in [0.29, 0.717) is 6.42 Å². The molecule has 0 fully saturated rings. The van der Waals surface area contributed by atoms with Gasteiger partial charge in [-0.15, -0.1) is 0 Å². The molecule has 12 heavy (non-hydrogen) atoms. The summed E-state index contributed by atoms with van der Waals surface area (Å²) in [5.74, 6) is -0.417. The molecule has 0 aromatic rings. The zero-order valence-electron chi connectivity index (χ0n) is 7.68. The fourth-order valence-electron chi connectivity index (χ4n) is 0.518. The minimum atomic E-state index is -0.344. The Morgan fingerprint density at radius 1 is 1.33 bits per heavy atom. The lowest BCUT2D eigenvalue weighted by molar-refractivity contribution is -0.128. The molecule has 0 rings (SSSR count). The summed E-state index contributed by atoms with van der Waals surface area (Å²) in [6.07, 6.45) is 0.315. The number of hydrogen-bond acceptors (Lipinski definition) is 3. The molecule has 0 spiro atoms. The Hall–Kier alpha value is -1.19. The summed E-state index contributed by atoms with van der Waals surface area (Å²) in [4.78, 5) is 21.6. The quantitative estimate of drug-likeness (QED) is 0.386. The molecule has 0 aromatic heterocycles. The topological polar surface area (TPSA) is 58.5 Å². The van der Waals surface area contributed by atoms with E-state index >= 15 is 0 Å². The van der Waals surface area contributed by atoms with E-state index < -0.39 is 0 Å². The summed E-state index contributed by atoms with van der Waals surface area (Å²) in [6.45, 7) is 5.26. The smallest absolute Gasteiger partial charge is 0.247 e. The van der Waals surface area contributed by atoms with Crippen LogP contribution in [-0.4, -0.2) is 17.4 Å². The maximum absolute atomic E-state index is 10.9. The molecule has 1 N–H and O–H groups in total. The van der Waals surface area contributed by atoms with Crippen molar-refractivity contribution in [1.29, 1.82) is 0 Å². The molecule has 68 valence electrons. The van der Waals surface area contributed by atoms with Crippen LogP contribution in [0, 0.1) is 0 Å². The maximum Gasteiger partial charge on any atom is 0.247 e. The van der Waals surface area contributed by atoms with Crippen LogP contribution in [0.1, 0.15) is 33.6 Å². The predicted octanol–water partition coefficient (Wildman–Crippen LogP) is 0.868. The highest BCUT2D eigenvalue weighted by atomic mass is 16.2. The average Bonchev–Trinajstić information content (AvgIpc) is 2.00. The summed E-state index contributed by atoms with van der Waals surface area (Å²) < 4.78 is 0. The number of rotatable bonds is 4. The molecule has 0 aromatic carbocycles. The lowest BCUT2D eigenvalue weighted by atomic mass is 10.2. The number of Topliss-reactive ketones (excluding diaryl/α,β-unsaturated/α-hetero) is 1. The summed E-state index contributed by atoms with van der Waals surface area (Å²) in [5, 5.41) is 3.68. The van der Waals surface area contributed by atoms with Crippen LogP contribution in [0.3, 0.4) is 0 Å². The van der Waals surface area contributed by atoms with Gasteiger partial charge in [0.05, 0.1) is 6.42 Å². The Bertz CT molecular complexity index is 205. The Morgan fingerprint density at radius 3 is 2.33 bits per heavy atom. The van der Waals surface area contributed by atoms with Crippen molar-refractivity contribution < 1.29 is 9.59 Å². The van der Waals surface area contributed by atoms with Crippen LogP contribution in [0.4, 0.5) is 0 Å². The van der Waals surface area contributed by atoms with E-state index in [-0.39, 0.29) is 18.1 Å². The molecule has 0 aliphatic carbocycles. The number of ketones is 1. The molecule has 1 amide bonds. The lowest BCUT2D eigenvalue weighted by Gasteiger charge is -1.97. The standard InChI is InChI=1S/C8H14N2O2/c1-4-7(11)5-8(12)10-9-6(2)3/h4-5H2,1-3H3,(H,10,12). The van der Waals surface area contributed by atoms with E-state index in [1.807, 2.05) is 0 Å². The molecule has 0 radical (unpaired) electrons. The van der Waals surface area contributed by atoms with Gasteiger partial charge < -0.3 is 0 Å².